The van der Waals surface area contributed by atoms with E-state index in [1.807, 2.05) is 41.8 Å². The molecule has 0 unspecified atom stereocenters. The van der Waals surface area contributed by atoms with Gasteiger partial charge in [0, 0.05) is 11.4 Å². The minimum Gasteiger partial charge on any atom is -0.392 e. The van der Waals surface area contributed by atoms with Crippen LogP contribution in [0.2, 0.25) is 0 Å². The molecule has 0 bridgehead atoms. The van der Waals surface area contributed by atoms with E-state index in [0.717, 1.165) is 22.4 Å². The summed E-state index contributed by atoms with van der Waals surface area (Å²) >= 11 is 1.64. The average Bonchev–Trinajstić information content (AvgIpc) is 3.28. The van der Waals surface area contributed by atoms with Crippen LogP contribution in [0.15, 0.2) is 48.0 Å². The van der Waals surface area contributed by atoms with Crippen molar-refractivity contribution in [3.8, 4) is 0 Å². The summed E-state index contributed by atoms with van der Waals surface area (Å²) in [5.74, 6) is -0.223. The van der Waals surface area contributed by atoms with E-state index in [1.165, 1.54) is 0 Å². The van der Waals surface area contributed by atoms with Crippen LogP contribution in [0.1, 0.15) is 26.5 Å². The number of hydrogen-bond donors (Lipinski definition) is 2. The van der Waals surface area contributed by atoms with Gasteiger partial charge >= 0.3 is 0 Å². The Morgan fingerprint density at radius 2 is 2.00 bits per heavy atom. The third-order valence-electron chi connectivity index (χ3n) is 3.57. The van der Waals surface area contributed by atoms with E-state index in [0.29, 0.717) is 18.8 Å². The first-order chi connectivity index (χ1) is 11.7. The van der Waals surface area contributed by atoms with Crippen molar-refractivity contribution in [2.75, 3.05) is 6.54 Å². The molecule has 0 radical (unpaired) electrons. The van der Waals surface area contributed by atoms with E-state index in [-0.39, 0.29) is 12.5 Å². The van der Waals surface area contributed by atoms with Crippen molar-refractivity contribution in [1.29, 1.82) is 0 Å². The summed E-state index contributed by atoms with van der Waals surface area (Å²) in [4.78, 5) is 13.3. The van der Waals surface area contributed by atoms with Crippen LogP contribution in [0.5, 0.6) is 0 Å². The van der Waals surface area contributed by atoms with Crippen molar-refractivity contribution in [3.63, 3.8) is 0 Å². The van der Waals surface area contributed by atoms with Crippen LogP contribution in [0, 0.1) is 0 Å². The molecule has 3 aromatic rings. The molecule has 0 saturated carbocycles. The van der Waals surface area contributed by atoms with Gasteiger partial charge < -0.3 is 10.4 Å². The molecule has 2 N–H and O–H groups in total. The maximum Gasteiger partial charge on any atom is 0.273 e. The molecule has 0 fully saturated rings. The summed E-state index contributed by atoms with van der Waals surface area (Å²) in [6.45, 7) is 1.18. The van der Waals surface area contributed by atoms with Crippen LogP contribution in [0.25, 0.3) is 0 Å². The molecular weight excluding hydrogens is 324 g/mol. The van der Waals surface area contributed by atoms with Crippen molar-refractivity contribution in [2.24, 2.45) is 0 Å². The van der Waals surface area contributed by atoms with E-state index < -0.39 is 0 Å². The van der Waals surface area contributed by atoms with Gasteiger partial charge in [0.15, 0.2) is 5.69 Å². The fourth-order valence-corrected chi connectivity index (χ4v) is 2.96. The first-order valence-corrected chi connectivity index (χ1v) is 8.52. The molecule has 2 heterocycles. The number of aliphatic hydroxyl groups excluding tert-OH is 1. The molecule has 0 aliphatic carbocycles. The molecule has 0 atom stereocenters. The molecule has 6 nitrogen and oxygen atoms in total. The predicted molar refractivity (Wildman–Crippen MR) is 91.8 cm³/mol. The summed E-state index contributed by atoms with van der Waals surface area (Å²) in [6, 6.07) is 11.7. The van der Waals surface area contributed by atoms with E-state index in [1.54, 1.807) is 22.2 Å². The molecule has 3 rings (SSSR count). The van der Waals surface area contributed by atoms with Crippen LogP contribution < -0.4 is 5.32 Å². The number of carbonyl (C=O) groups is 1. The second kappa shape index (κ2) is 7.85. The van der Waals surface area contributed by atoms with Crippen LogP contribution in [0.3, 0.4) is 0 Å². The van der Waals surface area contributed by atoms with Crippen LogP contribution in [-0.2, 0) is 19.6 Å². The third kappa shape index (κ3) is 4.27. The molecule has 2 aromatic heterocycles. The number of thiophene rings is 1. The van der Waals surface area contributed by atoms with Gasteiger partial charge in [0.2, 0.25) is 0 Å². The summed E-state index contributed by atoms with van der Waals surface area (Å²) in [6.07, 6.45) is 2.38. The standard InChI is InChI=1S/C17H18N4O2S/c22-12-14-5-3-13(4-6-14)7-8-18-17(23)16-11-21(20-19-16)10-15-2-1-9-24-15/h1-6,9,11,22H,7-8,10,12H2,(H,18,23). The minimum absolute atomic E-state index is 0.0398. The highest BCUT2D eigenvalue weighted by Crippen LogP contribution is 2.10. The second-order valence-corrected chi connectivity index (χ2v) is 6.39. The highest BCUT2D eigenvalue weighted by atomic mass is 32.1. The third-order valence-corrected chi connectivity index (χ3v) is 4.44. The fourth-order valence-electron chi connectivity index (χ4n) is 2.26. The SMILES string of the molecule is O=C(NCCc1ccc(CO)cc1)c1cn(Cc2cccs2)nn1. The van der Waals surface area contributed by atoms with Gasteiger partial charge in [0.1, 0.15) is 0 Å². The maximum atomic E-state index is 12.1. The molecule has 7 heteroatoms. The van der Waals surface area contributed by atoms with Crippen molar-refractivity contribution in [1.82, 2.24) is 20.3 Å². The van der Waals surface area contributed by atoms with Gasteiger partial charge in [-0.3, -0.25) is 4.79 Å². The monoisotopic (exact) mass is 342 g/mol. The first-order valence-electron chi connectivity index (χ1n) is 7.64. The number of nitrogens with one attached hydrogen (secondary N) is 1. The normalized spacial score (nSPS) is 10.7. The molecule has 1 aromatic carbocycles. The molecule has 124 valence electrons. The molecule has 0 saturated heterocycles. The quantitative estimate of drug-likeness (QED) is 0.687. The smallest absolute Gasteiger partial charge is 0.273 e. The lowest BCUT2D eigenvalue weighted by atomic mass is 10.1. The van der Waals surface area contributed by atoms with Gasteiger partial charge in [-0.2, -0.15) is 0 Å². The van der Waals surface area contributed by atoms with Crippen molar-refractivity contribution >= 4 is 17.2 Å². The zero-order chi connectivity index (χ0) is 16.8. The Bertz CT molecular complexity index is 781. The summed E-state index contributed by atoms with van der Waals surface area (Å²) < 4.78 is 1.66. The molecule has 0 spiro atoms. The van der Waals surface area contributed by atoms with Crippen molar-refractivity contribution in [2.45, 2.75) is 19.6 Å². The van der Waals surface area contributed by atoms with Crippen LogP contribution >= 0.6 is 11.3 Å². The lowest BCUT2D eigenvalue weighted by Crippen LogP contribution is -2.26. The number of carbonyl (C=O) groups excluding carboxylic acids is 1. The number of amides is 1. The Balaban J connectivity index is 1.48. The number of nitrogens with zero attached hydrogens (tertiary/aromatic N) is 3. The molecule has 0 aliphatic heterocycles. The summed E-state index contributed by atoms with van der Waals surface area (Å²) in [7, 11) is 0. The van der Waals surface area contributed by atoms with Gasteiger partial charge in [-0.1, -0.05) is 35.5 Å². The topological polar surface area (TPSA) is 80.0 Å². The van der Waals surface area contributed by atoms with Gasteiger partial charge in [0.05, 0.1) is 19.3 Å². The number of benzene rings is 1. The Labute approximate surface area is 143 Å². The molecule has 1 amide bonds. The first kappa shape index (κ1) is 16.4. The molecule has 24 heavy (non-hydrogen) atoms. The van der Waals surface area contributed by atoms with E-state index in [9.17, 15) is 4.79 Å². The highest BCUT2D eigenvalue weighted by Gasteiger charge is 2.10. The predicted octanol–water partition coefficient (Wildman–Crippen LogP) is 1.85. The second-order valence-electron chi connectivity index (χ2n) is 5.36. The lowest BCUT2D eigenvalue weighted by molar-refractivity contribution is 0.0949. The van der Waals surface area contributed by atoms with E-state index in [4.69, 9.17) is 5.11 Å². The zero-order valence-electron chi connectivity index (χ0n) is 13.1. The van der Waals surface area contributed by atoms with Crippen molar-refractivity contribution < 1.29 is 9.90 Å². The van der Waals surface area contributed by atoms with Gasteiger partial charge in [0.25, 0.3) is 5.91 Å². The van der Waals surface area contributed by atoms with Gasteiger partial charge in [-0.15, -0.1) is 16.4 Å². The largest absolute Gasteiger partial charge is 0.392 e. The number of aromatic nitrogens is 3. The average molecular weight is 342 g/mol. The summed E-state index contributed by atoms with van der Waals surface area (Å²) in [5.41, 5.74) is 2.31. The zero-order valence-corrected chi connectivity index (χ0v) is 13.9. The number of hydrogen-bond acceptors (Lipinski definition) is 5. The number of rotatable bonds is 7. The van der Waals surface area contributed by atoms with Gasteiger partial charge in [-0.25, -0.2) is 4.68 Å². The Hall–Kier alpha value is -2.51. The highest BCUT2D eigenvalue weighted by molar-refractivity contribution is 7.09. The van der Waals surface area contributed by atoms with E-state index in [2.05, 4.69) is 15.6 Å². The Kier molecular flexibility index (Phi) is 5.35. The molecule has 0 aliphatic rings. The Morgan fingerprint density at radius 1 is 1.21 bits per heavy atom. The number of aliphatic hydroxyl groups is 1. The molecular formula is C17H18N4O2S. The summed E-state index contributed by atoms with van der Waals surface area (Å²) in [5, 5.41) is 21.8. The Morgan fingerprint density at radius 3 is 2.71 bits per heavy atom. The lowest BCUT2D eigenvalue weighted by Gasteiger charge is -2.04. The maximum absolute atomic E-state index is 12.1. The fraction of sp³-hybridized carbons (Fsp3) is 0.235. The minimum atomic E-state index is -0.223. The van der Waals surface area contributed by atoms with E-state index >= 15 is 0 Å². The van der Waals surface area contributed by atoms with Crippen LogP contribution in [-0.4, -0.2) is 32.6 Å². The van der Waals surface area contributed by atoms with Gasteiger partial charge in [-0.05, 0) is 29.0 Å². The van der Waals surface area contributed by atoms with Crippen molar-refractivity contribution in [3.05, 3.63) is 69.7 Å². The van der Waals surface area contributed by atoms with Crippen LogP contribution in [0.4, 0.5) is 0 Å².